The van der Waals surface area contributed by atoms with Crippen LogP contribution < -0.4 is 20.1 Å². The van der Waals surface area contributed by atoms with Crippen molar-refractivity contribution in [2.24, 2.45) is 0 Å². The minimum absolute atomic E-state index is 0.0732. The van der Waals surface area contributed by atoms with Gasteiger partial charge in [-0.25, -0.2) is 27.8 Å². The zero-order valence-electron chi connectivity index (χ0n) is 23.0. The number of aryl methyl sites for hydroxylation is 1. The first-order valence-corrected chi connectivity index (χ1v) is 15.3. The summed E-state index contributed by atoms with van der Waals surface area (Å²) in [4.78, 5) is 13.5. The first-order chi connectivity index (χ1) is 19.7. The molecule has 2 aliphatic rings. The van der Waals surface area contributed by atoms with Crippen molar-refractivity contribution in [3.63, 3.8) is 0 Å². The molecule has 41 heavy (non-hydrogen) atoms. The topological polar surface area (TPSA) is 118 Å². The minimum atomic E-state index is -3.57. The van der Waals surface area contributed by atoms with Crippen LogP contribution in [0.3, 0.4) is 0 Å². The average Bonchev–Trinajstić information content (AvgIpc) is 2.94. The quantitative estimate of drug-likeness (QED) is 0.249. The lowest BCUT2D eigenvalue weighted by Gasteiger charge is -2.37. The molecule has 1 aliphatic carbocycles. The molecule has 1 saturated carbocycles. The lowest BCUT2D eigenvalue weighted by molar-refractivity contribution is 0.255. The summed E-state index contributed by atoms with van der Waals surface area (Å²) in [6.45, 7) is 4.70. The zero-order valence-corrected chi connectivity index (χ0v) is 23.8. The number of hydrogen-bond donors (Lipinski definition) is 3. The predicted octanol–water partition coefficient (Wildman–Crippen LogP) is 5.59. The third-order valence-electron chi connectivity index (χ3n) is 8.03. The summed E-state index contributed by atoms with van der Waals surface area (Å²) in [5, 5.41) is 7.88. The molecule has 214 valence electrons. The number of sulfonamides is 1. The molecule has 11 heteroatoms. The van der Waals surface area contributed by atoms with Gasteiger partial charge >= 0.3 is 0 Å². The standard InChI is InChI=1S/C30H33FN6O3S/c1-19-14-25(37-41(38,39)30(2)9-5-10-30)23-6-3-4-7-24(23)28(19)40-29-27(34-12-13-35-29)20-8-11-33-26(15-20)36-22-16-21(31)17-32-18-22/h3-4,6-8,11-15,21-22,32,37H,5,9-10,16-18H2,1-2H3,(H,33,36). The predicted molar refractivity (Wildman–Crippen MR) is 159 cm³/mol. The SMILES string of the molecule is Cc1cc(NS(=O)(=O)C2(C)CCC2)c2ccccc2c1Oc1nccnc1-c1ccnc(NC2CNCC(F)C2)c1. The number of rotatable bonds is 8. The van der Waals surface area contributed by atoms with E-state index in [9.17, 15) is 12.8 Å². The molecular formula is C30H33FN6O3S. The molecule has 2 atom stereocenters. The third kappa shape index (κ3) is 5.43. The van der Waals surface area contributed by atoms with Crippen LogP contribution in [0, 0.1) is 6.92 Å². The van der Waals surface area contributed by atoms with Crippen LogP contribution in [0.25, 0.3) is 22.0 Å². The molecule has 3 N–H and O–H groups in total. The van der Waals surface area contributed by atoms with Crippen molar-refractivity contribution in [2.45, 2.75) is 56.5 Å². The van der Waals surface area contributed by atoms with E-state index in [1.54, 1.807) is 31.6 Å². The lowest BCUT2D eigenvalue weighted by atomic mass is 9.86. The van der Waals surface area contributed by atoms with Gasteiger partial charge in [0, 0.05) is 60.5 Å². The van der Waals surface area contributed by atoms with Crippen LogP contribution in [-0.2, 0) is 10.0 Å². The van der Waals surface area contributed by atoms with E-state index in [0.29, 0.717) is 61.2 Å². The van der Waals surface area contributed by atoms with Crippen molar-refractivity contribution in [1.82, 2.24) is 20.3 Å². The number of nitrogens with zero attached hydrogens (tertiary/aromatic N) is 3. The second-order valence-corrected chi connectivity index (χ2v) is 13.3. The summed E-state index contributed by atoms with van der Waals surface area (Å²) in [6.07, 6.45) is 6.55. The van der Waals surface area contributed by atoms with Gasteiger partial charge in [-0.1, -0.05) is 30.7 Å². The summed E-state index contributed by atoms with van der Waals surface area (Å²) in [5.41, 5.74) is 2.54. The van der Waals surface area contributed by atoms with E-state index in [-0.39, 0.29) is 6.04 Å². The Hall–Kier alpha value is -3.83. The maximum Gasteiger partial charge on any atom is 0.246 e. The maximum absolute atomic E-state index is 13.9. The average molecular weight is 577 g/mol. The molecule has 2 aromatic carbocycles. The van der Waals surface area contributed by atoms with Gasteiger partial charge in [0.05, 0.1) is 10.4 Å². The molecule has 2 unspecified atom stereocenters. The molecule has 9 nitrogen and oxygen atoms in total. The van der Waals surface area contributed by atoms with E-state index >= 15 is 0 Å². The van der Waals surface area contributed by atoms with Crippen LogP contribution in [0.2, 0.25) is 0 Å². The van der Waals surface area contributed by atoms with E-state index in [0.717, 1.165) is 28.3 Å². The van der Waals surface area contributed by atoms with E-state index in [1.165, 1.54) is 0 Å². The number of alkyl halides is 1. The number of fused-ring (bicyclic) bond motifs is 1. The van der Waals surface area contributed by atoms with E-state index in [2.05, 4.69) is 30.3 Å². The van der Waals surface area contributed by atoms with Gasteiger partial charge in [-0.2, -0.15) is 0 Å². The number of pyridine rings is 1. The summed E-state index contributed by atoms with van der Waals surface area (Å²) < 4.78 is 48.8. The highest BCUT2D eigenvalue weighted by Crippen LogP contribution is 2.43. The third-order valence-corrected chi connectivity index (χ3v) is 10.2. The van der Waals surface area contributed by atoms with Crippen molar-refractivity contribution in [1.29, 1.82) is 0 Å². The van der Waals surface area contributed by atoms with Crippen molar-refractivity contribution >= 4 is 32.3 Å². The largest absolute Gasteiger partial charge is 0.436 e. The molecule has 1 saturated heterocycles. The number of nitrogens with one attached hydrogen (secondary N) is 3. The monoisotopic (exact) mass is 576 g/mol. The molecule has 0 spiro atoms. The number of anilines is 2. The highest BCUT2D eigenvalue weighted by atomic mass is 32.2. The van der Waals surface area contributed by atoms with Gasteiger partial charge in [-0.05, 0) is 50.5 Å². The van der Waals surface area contributed by atoms with Crippen molar-refractivity contribution < 1.29 is 17.5 Å². The Balaban J connectivity index is 1.32. The summed E-state index contributed by atoms with van der Waals surface area (Å²) in [5.74, 6) is 1.48. The van der Waals surface area contributed by atoms with Crippen LogP contribution in [0.4, 0.5) is 15.9 Å². The van der Waals surface area contributed by atoms with Crippen molar-refractivity contribution in [3.8, 4) is 22.9 Å². The molecule has 3 heterocycles. The number of benzene rings is 2. The van der Waals surface area contributed by atoms with Gasteiger partial charge in [0.25, 0.3) is 0 Å². The van der Waals surface area contributed by atoms with Gasteiger partial charge in [0.2, 0.25) is 15.9 Å². The second-order valence-electron chi connectivity index (χ2n) is 11.1. The highest BCUT2D eigenvalue weighted by molar-refractivity contribution is 7.94. The van der Waals surface area contributed by atoms with E-state index in [4.69, 9.17) is 4.74 Å². The van der Waals surface area contributed by atoms with Crippen LogP contribution in [-0.4, -0.2) is 53.4 Å². The van der Waals surface area contributed by atoms with E-state index in [1.807, 2.05) is 43.3 Å². The lowest BCUT2D eigenvalue weighted by Crippen LogP contribution is -2.45. The Morgan fingerprint density at radius 1 is 1.02 bits per heavy atom. The molecular weight excluding hydrogens is 543 g/mol. The molecule has 0 amide bonds. The van der Waals surface area contributed by atoms with Gasteiger partial charge in [0.1, 0.15) is 23.4 Å². The molecule has 6 rings (SSSR count). The van der Waals surface area contributed by atoms with Crippen LogP contribution in [0.1, 0.15) is 38.2 Å². The first kappa shape index (κ1) is 27.3. The molecule has 1 aliphatic heterocycles. The molecule has 0 bridgehead atoms. The number of ether oxygens (including phenoxy) is 1. The fourth-order valence-electron chi connectivity index (χ4n) is 5.48. The molecule has 0 radical (unpaired) electrons. The Morgan fingerprint density at radius 3 is 2.56 bits per heavy atom. The van der Waals surface area contributed by atoms with Crippen LogP contribution >= 0.6 is 0 Å². The maximum atomic E-state index is 13.9. The number of piperidine rings is 1. The highest BCUT2D eigenvalue weighted by Gasteiger charge is 2.44. The second kappa shape index (κ2) is 10.9. The van der Waals surface area contributed by atoms with Crippen molar-refractivity contribution in [3.05, 3.63) is 66.6 Å². The fraction of sp³-hybridized carbons (Fsp3) is 0.367. The Morgan fingerprint density at radius 2 is 1.80 bits per heavy atom. The summed E-state index contributed by atoms with van der Waals surface area (Å²) in [7, 11) is -3.57. The molecule has 2 aromatic heterocycles. The zero-order chi connectivity index (χ0) is 28.6. The number of hydrogen-bond acceptors (Lipinski definition) is 8. The number of aromatic nitrogens is 3. The van der Waals surface area contributed by atoms with Gasteiger partial charge in [-0.3, -0.25) is 4.72 Å². The van der Waals surface area contributed by atoms with E-state index < -0.39 is 20.9 Å². The van der Waals surface area contributed by atoms with Gasteiger partial charge in [0.15, 0.2) is 0 Å². The van der Waals surface area contributed by atoms with Gasteiger partial charge < -0.3 is 15.4 Å². The normalized spacial score (nSPS) is 20.3. The molecule has 4 aromatic rings. The fourth-order valence-corrected chi connectivity index (χ4v) is 7.01. The smallest absolute Gasteiger partial charge is 0.246 e. The first-order valence-electron chi connectivity index (χ1n) is 13.8. The number of halogens is 1. The molecule has 2 fully saturated rings. The van der Waals surface area contributed by atoms with Crippen molar-refractivity contribution in [2.75, 3.05) is 23.1 Å². The Labute approximate surface area is 239 Å². The van der Waals surface area contributed by atoms with Gasteiger partial charge in [-0.15, -0.1) is 0 Å². The Kier molecular flexibility index (Phi) is 7.25. The van der Waals surface area contributed by atoms with Crippen LogP contribution in [0.15, 0.2) is 61.1 Å². The summed E-state index contributed by atoms with van der Waals surface area (Å²) >= 11 is 0. The summed E-state index contributed by atoms with van der Waals surface area (Å²) in [6, 6.07) is 12.9. The minimum Gasteiger partial charge on any atom is -0.436 e. The van der Waals surface area contributed by atoms with Crippen LogP contribution in [0.5, 0.6) is 11.6 Å². The Bertz CT molecular complexity index is 1700.